The predicted molar refractivity (Wildman–Crippen MR) is 81.9 cm³/mol. The third-order valence-electron chi connectivity index (χ3n) is 4.59. The molecule has 0 spiro atoms. The first-order chi connectivity index (χ1) is 11.7. The first-order valence-electron chi connectivity index (χ1n) is 8.23. The third-order valence-corrected chi connectivity index (χ3v) is 4.59. The monoisotopic (exact) mass is 331 g/mol. The number of hydrogen-bond acceptors (Lipinski definition) is 5. The summed E-state index contributed by atoms with van der Waals surface area (Å²) in [7, 11) is 0. The summed E-state index contributed by atoms with van der Waals surface area (Å²) in [5, 5.41) is 4.01. The van der Waals surface area contributed by atoms with Crippen LogP contribution in [0.4, 0.5) is 4.39 Å². The van der Waals surface area contributed by atoms with Crippen LogP contribution in [-0.4, -0.2) is 33.6 Å². The Bertz CT molecular complexity index is 776. The molecular weight excluding hydrogens is 313 g/mol. The normalized spacial score (nSPS) is 22.5. The summed E-state index contributed by atoms with van der Waals surface area (Å²) in [5.41, 5.74) is 0.733. The molecule has 24 heavy (non-hydrogen) atoms. The van der Waals surface area contributed by atoms with Gasteiger partial charge in [0, 0.05) is 24.9 Å². The van der Waals surface area contributed by atoms with E-state index in [0.717, 1.165) is 18.4 Å². The van der Waals surface area contributed by atoms with E-state index in [9.17, 15) is 9.18 Å². The molecule has 1 aromatic carbocycles. The van der Waals surface area contributed by atoms with Crippen LogP contribution in [0.15, 0.2) is 22.7 Å². The minimum atomic E-state index is -0.611. The van der Waals surface area contributed by atoms with Gasteiger partial charge < -0.3 is 14.2 Å². The Morgan fingerprint density at radius 3 is 3.12 bits per heavy atom. The van der Waals surface area contributed by atoms with E-state index in [-0.39, 0.29) is 17.8 Å². The third kappa shape index (κ3) is 2.53. The molecule has 2 aromatic rings. The summed E-state index contributed by atoms with van der Waals surface area (Å²) >= 11 is 0. The standard InChI is InChI=1S/C17H18FN3O3/c1-2-15-19-16(20-24-15)12-4-3-7-21(12)17(22)14-9-10-8-11(18)5-6-13(10)23-14/h5-6,8,12,14H,2-4,7,9H2,1H3. The van der Waals surface area contributed by atoms with Crippen LogP contribution in [-0.2, 0) is 17.6 Å². The predicted octanol–water partition coefficient (Wildman–Crippen LogP) is 2.44. The second kappa shape index (κ2) is 5.89. The van der Waals surface area contributed by atoms with Crippen LogP contribution < -0.4 is 4.74 Å². The molecule has 0 saturated carbocycles. The van der Waals surface area contributed by atoms with E-state index in [2.05, 4.69) is 10.1 Å². The second-order valence-electron chi connectivity index (χ2n) is 6.15. The number of hydrogen-bond donors (Lipinski definition) is 0. The molecule has 0 bridgehead atoms. The van der Waals surface area contributed by atoms with Gasteiger partial charge in [0.1, 0.15) is 11.6 Å². The molecular formula is C17H18FN3O3. The van der Waals surface area contributed by atoms with Gasteiger partial charge in [-0.3, -0.25) is 4.79 Å². The Hall–Kier alpha value is -2.44. The van der Waals surface area contributed by atoms with Crippen molar-refractivity contribution >= 4 is 5.91 Å². The molecule has 1 amide bonds. The Kier molecular flexibility index (Phi) is 3.70. The molecule has 2 atom stereocenters. The highest BCUT2D eigenvalue weighted by molar-refractivity contribution is 5.83. The molecule has 2 aliphatic heterocycles. The van der Waals surface area contributed by atoms with E-state index in [0.29, 0.717) is 36.9 Å². The van der Waals surface area contributed by atoms with Crippen molar-refractivity contribution in [3.05, 3.63) is 41.3 Å². The topological polar surface area (TPSA) is 68.5 Å². The van der Waals surface area contributed by atoms with E-state index in [1.807, 2.05) is 6.92 Å². The number of nitrogens with zero attached hydrogens (tertiary/aromatic N) is 3. The van der Waals surface area contributed by atoms with Crippen molar-refractivity contribution in [1.82, 2.24) is 15.0 Å². The number of carbonyl (C=O) groups is 1. The van der Waals surface area contributed by atoms with Crippen molar-refractivity contribution in [2.75, 3.05) is 6.54 Å². The molecule has 1 aromatic heterocycles. The Morgan fingerprint density at radius 2 is 2.33 bits per heavy atom. The molecule has 7 heteroatoms. The van der Waals surface area contributed by atoms with Crippen LogP contribution >= 0.6 is 0 Å². The molecule has 126 valence electrons. The maximum absolute atomic E-state index is 13.3. The van der Waals surface area contributed by atoms with Gasteiger partial charge in [-0.05, 0) is 31.0 Å². The fourth-order valence-corrected chi connectivity index (χ4v) is 3.39. The summed E-state index contributed by atoms with van der Waals surface area (Å²) in [5.74, 6) is 1.29. The van der Waals surface area contributed by atoms with E-state index < -0.39 is 6.10 Å². The summed E-state index contributed by atoms with van der Waals surface area (Å²) in [6.07, 6.45) is 2.14. The van der Waals surface area contributed by atoms with Gasteiger partial charge in [-0.25, -0.2) is 4.39 Å². The largest absolute Gasteiger partial charge is 0.480 e. The fourth-order valence-electron chi connectivity index (χ4n) is 3.39. The number of carbonyl (C=O) groups excluding carboxylic acids is 1. The van der Waals surface area contributed by atoms with E-state index in [1.165, 1.54) is 12.1 Å². The summed E-state index contributed by atoms with van der Waals surface area (Å²) in [4.78, 5) is 19.0. The van der Waals surface area contributed by atoms with E-state index >= 15 is 0 Å². The van der Waals surface area contributed by atoms with Gasteiger partial charge in [0.25, 0.3) is 5.91 Å². The highest BCUT2D eigenvalue weighted by atomic mass is 19.1. The first-order valence-corrected chi connectivity index (χ1v) is 8.23. The molecule has 1 fully saturated rings. The van der Waals surface area contributed by atoms with Crippen molar-refractivity contribution in [2.24, 2.45) is 0 Å². The number of ether oxygens (including phenoxy) is 1. The lowest BCUT2D eigenvalue weighted by molar-refractivity contribution is -0.139. The van der Waals surface area contributed by atoms with Crippen LogP contribution in [0.3, 0.4) is 0 Å². The van der Waals surface area contributed by atoms with Crippen LogP contribution in [0.25, 0.3) is 0 Å². The number of likely N-dealkylation sites (tertiary alicyclic amines) is 1. The lowest BCUT2D eigenvalue weighted by atomic mass is 10.1. The van der Waals surface area contributed by atoms with E-state index in [4.69, 9.17) is 9.26 Å². The SMILES string of the molecule is CCc1nc(C2CCCN2C(=O)C2Cc3cc(F)ccc3O2)no1. The summed E-state index contributed by atoms with van der Waals surface area (Å²) in [6, 6.07) is 4.17. The molecule has 4 rings (SSSR count). The zero-order chi connectivity index (χ0) is 16.7. The van der Waals surface area contributed by atoms with Crippen molar-refractivity contribution in [2.45, 2.75) is 44.8 Å². The highest BCUT2D eigenvalue weighted by Crippen LogP contribution is 2.35. The first kappa shape index (κ1) is 15.1. The van der Waals surface area contributed by atoms with Crippen molar-refractivity contribution in [3.63, 3.8) is 0 Å². The molecule has 0 aliphatic carbocycles. The zero-order valence-corrected chi connectivity index (χ0v) is 13.4. The summed E-state index contributed by atoms with van der Waals surface area (Å²) in [6.45, 7) is 2.58. The molecule has 2 unspecified atom stereocenters. The van der Waals surface area contributed by atoms with Crippen molar-refractivity contribution in [1.29, 1.82) is 0 Å². The van der Waals surface area contributed by atoms with Crippen LogP contribution in [0, 0.1) is 5.82 Å². The lowest BCUT2D eigenvalue weighted by Gasteiger charge is -2.25. The lowest BCUT2D eigenvalue weighted by Crippen LogP contribution is -2.41. The Balaban J connectivity index is 1.52. The van der Waals surface area contributed by atoms with Gasteiger partial charge in [0.2, 0.25) is 5.89 Å². The quantitative estimate of drug-likeness (QED) is 0.864. The fraction of sp³-hybridized carbons (Fsp3) is 0.471. The molecule has 3 heterocycles. The van der Waals surface area contributed by atoms with Crippen LogP contribution in [0.5, 0.6) is 5.75 Å². The minimum absolute atomic E-state index is 0.100. The van der Waals surface area contributed by atoms with Crippen LogP contribution in [0.2, 0.25) is 0 Å². The summed E-state index contributed by atoms with van der Waals surface area (Å²) < 4.78 is 24.2. The maximum atomic E-state index is 13.3. The van der Waals surface area contributed by atoms with Gasteiger partial charge in [-0.1, -0.05) is 12.1 Å². The van der Waals surface area contributed by atoms with Crippen molar-refractivity contribution < 1.29 is 18.4 Å². The van der Waals surface area contributed by atoms with Gasteiger partial charge in [0.15, 0.2) is 11.9 Å². The van der Waals surface area contributed by atoms with Gasteiger partial charge in [-0.2, -0.15) is 4.98 Å². The maximum Gasteiger partial charge on any atom is 0.264 e. The number of rotatable bonds is 3. The number of fused-ring (bicyclic) bond motifs is 1. The molecule has 0 N–H and O–H groups in total. The number of aryl methyl sites for hydroxylation is 1. The molecule has 6 nitrogen and oxygen atoms in total. The number of amides is 1. The molecule has 2 aliphatic rings. The Morgan fingerprint density at radius 1 is 1.46 bits per heavy atom. The average Bonchev–Trinajstić information content (AvgIpc) is 3.31. The van der Waals surface area contributed by atoms with Crippen LogP contribution in [0.1, 0.15) is 43.1 Å². The number of aromatic nitrogens is 2. The number of halogens is 1. The minimum Gasteiger partial charge on any atom is -0.480 e. The number of benzene rings is 1. The van der Waals surface area contributed by atoms with Crippen molar-refractivity contribution in [3.8, 4) is 5.75 Å². The van der Waals surface area contributed by atoms with Gasteiger partial charge >= 0.3 is 0 Å². The van der Waals surface area contributed by atoms with Gasteiger partial charge in [0.05, 0.1) is 6.04 Å². The highest BCUT2D eigenvalue weighted by Gasteiger charge is 2.39. The smallest absolute Gasteiger partial charge is 0.264 e. The van der Waals surface area contributed by atoms with Gasteiger partial charge in [-0.15, -0.1) is 0 Å². The second-order valence-corrected chi connectivity index (χ2v) is 6.15. The average molecular weight is 331 g/mol. The Labute approximate surface area is 138 Å². The zero-order valence-electron chi connectivity index (χ0n) is 13.4. The molecule has 0 radical (unpaired) electrons. The van der Waals surface area contributed by atoms with E-state index in [1.54, 1.807) is 11.0 Å². The molecule has 1 saturated heterocycles.